The highest BCUT2D eigenvalue weighted by molar-refractivity contribution is 8.19. The summed E-state index contributed by atoms with van der Waals surface area (Å²) in [5, 5.41) is 77.4. The summed E-state index contributed by atoms with van der Waals surface area (Å²) in [6, 6.07) is 22.0. The molecule has 0 radical (unpaired) electrons. The van der Waals surface area contributed by atoms with Crippen molar-refractivity contribution >= 4 is 58.8 Å². The molecule has 0 unspecified atom stereocenters. The van der Waals surface area contributed by atoms with Crippen LogP contribution in [0.15, 0.2) is 139 Å². The number of ether oxygens (including phenoxy) is 8. The lowest BCUT2D eigenvalue weighted by atomic mass is 10.2. The summed E-state index contributed by atoms with van der Waals surface area (Å²) in [4.78, 5) is 4.88. The van der Waals surface area contributed by atoms with Crippen LogP contribution in [0.2, 0.25) is 0 Å². The van der Waals surface area contributed by atoms with Gasteiger partial charge in [0.2, 0.25) is 0 Å². The first kappa shape index (κ1) is 57.9. The van der Waals surface area contributed by atoms with Crippen molar-refractivity contribution in [3.05, 3.63) is 119 Å². The zero-order chi connectivity index (χ0) is 51.7. The van der Waals surface area contributed by atoms with E-state index in [9.17, 15) is 40.9 Å². The van der Waals surface area contributed by atoms with Gasteiger partial charge in [0.25, 0.3) is 0 Å². The van der Waals surface area contributed by atoms with Gasteiger partial charge in [-0.05, 0) is 61.4 Å². The minimum Gasteiger partial charge on any atom is -0.487 e. The van der Waals surface area contributed by atoms with E-state index < -0.39 is 8.16 Å². The van der Waals surface area contributed by atoms with Crippen LogP contribution >= 0.6 is 58.8 Å². The van der Waals surface area contributed by atoms with Gasteiger partial charge in [0, 0.05) is 9.81 Å². The first-order chi connectivity index (χ1) is 35.8. The molecule has 0 amide bonds. The Morgan fingerprint density at radius 1 is 0.342 bits per heavy atom. The third kappa shape index (κ3) is 16.8. The molecule has 73 heavy (non-hydrogen) atoms. The van der Waals surface area contributed by atoms with Gasteiger partial charge in [0.1, 0.15) is 52.9 Å². The Balaban J connectivity index is 1.35. The first-order valence-corrected chi connectivity index (χ1v) is 27.5. The molecule has 4 aromatic carbocycles. The van der Waals surface area contributed by atoms with Crippen molar-refractivity contribution in [2.75, 3.05) is 106 Å². The average Bonchev–Trinajstić information content (AvgIpc) is 3.40. The number of benzene rings is 4. The van der Waals surface area contributed by atoms with Crippen molar-refractivity contribution in [1.29, 1.82) is 0 Å². The molecule has 0 heterocycles. The lowest BCUT2D eigenvalue weighted by molar-refractivity contribution is 0.176. The summed E-state index contributed by atoms with van der Waals surface area (Å²) < 4.78 is 46.4. The van der Waals surface area contributed by atoms with Crippen LogP contribution in [0.3, 0.4) is 0 Å². The summed E-state index contributed by atoms with van der Waals surface area (Å²) in [6.45, 7) is -1.46. The number of rotatable bonds is 34. The molecule has 0 aliphatic heterocycles. The standard InChI is InChI=1S/C52H62O16S5/c53-21-29-61-39-5-1-9-43(47(39)65-33-25-57)70-51(71-44-10-2-6-40(62-30-22-54)48(44)66-34-26-58)17-13-37(14-18-51)69-38-15-19-52(20-16-38,72-45-11-3-7-41(63-31-23-55)49(45)67-35-27-59)73-46-12-4-8-42(64-32-24-56)50(46)68-36-28-60/h1-17,19,53-60H,18,20-36H2. The number of thioether (sulfide) groups is 5. The fourth-order valence-electron chi connectivity index (χ4n) is 7.09. The van der Waals surface area contributed by atoms with Crippen LogP contribution in [0.4, 0.5) is 0 Å². The summed E-state index contributed by atoms with van der Waals surface area (Å²) in [6.07, 6.45) is 13.7. The Labute approximate surface area is 446 Å². The molecular formula is C52H62O16S5. The molecule has 396 valence electrons. The molecule has 0 atom stereocenters. The minimum atomic E-state index is -0.737. The molecule has 2 aliphatic rings. The highest BCUT2D eigenvalue weighted by Crippen LogP contribution is 2.59. The fraction of sp³-hybridized carbons (Fsp3) is 0.385. The zero-order valence-corrected chi connectivity index (χ0v) is 44.1. The molecule has 8 N–H and O–H groups in total. The summed E-state index contributed by atoms with van der Waals surface area (Å²) in [5.74, 6) is 3.38. The van der Waals surface area contributed by atoms with Crippen LogP contribution in [0.25, 0.3) is 0 Å². The number of hydrogen-bond acceptors (Lipinski definition) is 21. The SMILES string of the molecule is OCCOc1cccc(SC2(Sc3cccc(OCCO)c3OCCO)C=CC(SC3=CCC(Sc4cccc(OCCO)c4OCCO)(Sc4cccc(OCCO)c4OCCO)C=C3)=CC2)c1OCCO. The van der Waals surface area contributed by atoms with E-state index in [4.69, 9.17) is 37.9 Å². The second-order valence-corrected chi connectivity index (χ2v) is 22.5. The van der Waals surface area contributed by atoms with E-state index in [1.807, 2.05) is 48.5 Å². The van der Waals surface area contributed by atoms with Crippen molar-refractivity contribution in [2.24, 2.45) is 0 Å². The molecule has 16 nitrogen and oxygen atoms in total. The van der Waals surface area contributed by atoms with Gasteiger partial charge in [-0.15, -0.1) is 0 Å². The number of para-hydroxylation sites is 4. The van der Waals surface area contributed by atoms with Gasteiger partial charge in [-0.3, -0.25) is 0 Å². The number of aliphatic hydroxyl groups excluding tert-OH is 8. The van der Waals surface area contributed by atoms with Crippen molar-refractivity contribution in [2.45, 2.75) is 40.6 Å². The van der Waals surface area contributed by atoms with Crippen molar-refractivity contribution in [1.82, 2.24) is 0 Å². The van der Waals surface area contributed by atoms with Gasteiger partial charge in [0.05, 0.1) is 80.6 Å². The van der Waals surface area contributed by atoms with Crippen LogP contribution in [0, 0.1) is 0 Å². The molecule has 0 saturated carbocycles. The summed E-state index contributed by atoms with van der Waals surface area (Å²) >= 11 is 7.69. The first-order valence-electron chi connectivity index (χ1n) is 23.4. The van der Waals surface area contributed by atoms with Crippen LogP contribution in [-0.2, 0) is 0 Å². The van der Waals surface area contributed by atoms with Crippen LogP contribution in [-0.4, -0.2) is 155 Å². The minimum absolute atomic E-state index is 0.0161. The Kier molecular flexibility index (Phi) is 24.5. The Morgan fingerprint density at radius 3 is 0.808 bits per heavy atom. The smallest absolute Gasteiger partial charge is 0.174 e. The largest absolute Gasteiger partial charge is 0.487 e. The predicted octanol–water partition coefficient (Wildman–Crippen LogP) is 6.94. The van der Waals surface area contributed by atoms with Crippen LogP contribution < -0.4 is 37.9 Å². The predicted molar refractivity (Wildman–Crippen MR) is 287 cm³/mol. The van der Waals surface area contributed by atoms with Crippen molar-refractivity contribution in [3.63, 3.8) is 0 Å². The highest BCUT2D eigenvalue weighted by atomic mass is 32.2. The maximum atomic E-state index is 9.76. The number of allylic oxidation sites excluding steroid dienone is 4. The maximum Gasteiger partial charge on any atom is 0.174 e. The van der Waals surface area contributed by atoms with Gasteiger partial charge < -0.3 is 78.7 Å². The summed E-state index contributed by atoms with van der Waals surface area (Å²) in [7, 11) is 0. The molecule has 0 aromatic heterocycles. The Morgan fingerprint density at radius 2 is 0.589 bits per heavy atom. The molecule has 21 heteroatoms. The normalized spacial score (nSPS) is 14.5. The van der Waals surface area contributed by atoms with Gasteiger partial charge in [-0.25, -0.2) is 0 Å². The maximum absolute atomic E-state index is 9.76. The van der Waals surface area contributed by atoms with E-state index in [2.05, 4.69) is 36.5 Å². The molecular weight excluding hydrogens is 1040 g/mol. The molecule has 0 spiro atoms. The molecule has 2 aliphatic carbocycles. The Hall–Kier alpha value is -4.33. The lowest BCUT2D eigenvalue weighted by Gasteiger charge is -2.34. The van der Waals surface area contributed by atoms with E-state index in [1.54, 1.807) is 36.0 Å². The third-order valence-electron chi connectivity index (χ3n) is 10.1. The van der Waals surface area contributed by atoms with Gasteiger partial charge in [-0.2, -0.15) is 0 Å². The van der Waals surface area contributed by atoms with Crippen molar-refractivity contribution in [3.8, 4) is 46.0 Å². The molecule has 0 bridgehead atoms. The topological polar surface area (TPSA) is 236 Å². The second-order valence-electron chi connectivity index (χ2n) is 15.3. The van der Waals surface area contributed by atoms with Gasteiger partial charge >= 0.3 is 0 Å². The lowest BCUT2D eigenvalue weighted by Crippen LogP contribution is -2.20. The number of hydrogen-bond donors (Lipinski definition) is 8. The molecule has 4 aromatic rings. The third-order valence-corrected chi connectivity index (χ3v) is 16.9. The van der Waals surface area contributed by atoms with Gasteiger partial charge in [-0.1, -0.05) is 120 Å². The Bertz CT molecular complexity index is 2170. The van der Waals surface area contributed by atoms with Crippen LogP contribution in [0.5, 0.6) is 46.0 Å². The molecule has 0 saturated heterocycles. The summed E-state index contributed by atoms with van der Waals surface area (Å²) in [5.41, 5.74) is 0. The average molecular weight is 1100 g/mol. The monoisotopic (exact) mass is 1100 g/mol. The molecule has 0 fully saturated rings. The van der Waals surface area contributed by atoms with E-state index in [0.717, 1.165) is 29.4 Å². The highest BCUT2D eigenvalue weighted by Gasteiger charge is 2.37. The van der Waals surface area contributed by atoms with Gasteiger partial charge in [0.15, 0.2) is 46.0 Å². The van der Waals surface area contributed by atoms with E-state index in [0.29, 0.717) is 58.8 Å². The zero-order valence-electron chi connectivity index (χ0n) is 40.0. The van der Waals surface area contributed by atoms with E-state index in [-0.39, 0.29) is 106 Å². The van der Waals surface area contributed by atoms with E-state index >= 15 is 0 Å². The van der Waals surface area contributed by atoms with E-state index in [1.165, 1.54) is 47.0 Å². The fourth-order valence-corrected chi connectivity index (χ4v) is 13.7. The second kappa shape index (κ2) is 30.9. The van der Waals surface area contributed by atoms with Crippen molar-refractivity contribution < 1.29 is 78.7 Å². The quantitative estimate of drug-likeness (QED) is 0.0221. The van der Waals surface area contributed by atoms with Crippen LogP contribution in [0.1, 0.15) is 12.8 Å². The molecule has 6 rings (SSSR count). The number of aliphatic hydroxyl groups is 8.